The van der Waals surface area contributed by atoms with Crippen molar-refractivity contribution in [3.63, 3.8) is 0 Å². The molecule has 4 nitrogen and oxygen atoms in total. The number of hydrogen-bond donors (Lipinski definition) is 0. The first-order valence-electron chi connectivity index (χ1n) is 6.55. The van der Waals surface area contributed by atoms with Gasteiger partial charge < -0.3 is 14.0 Å². The molecule has 0 aliphatic rings. The molecule has 0 N–H and O–H groups in total. The maximum atomic E-state index is 12.2. The number of nitrogens with zero attached hydrogens (tertiary/aromatic N) is 1. The summed E-state index contributed by atoms with van der Waals surface area (Å²) in [6, 6.07) is 1.90. The maximum Gasteiger partial charge on any atom is 0.228 e. The Morgan fingerprint density at radius 2 is 2.11 bits per heavy atom. The van der Waals surface area contributed by atoms with Crippen molar-refractivity contribution >= 4 is 5.78 Å². The minimum atomic E-state index is -0.132. The van der Waals surface area contributed by atoms with Crippen LogP contribution in [0.5, 0.6) is 0 Å². The van der Waals surface area contributed by atoms with E-state index in [1.54, 1.807) is 7.11 Å². The summed E-state index contributed by atoms with van der Waals surface area (Å²) in [5.74, 6) is 0.0765. The first kappa shape index (κ1) is 15.5. The van der Waals surface area contributed by atoms with Gasteiger partial charge in [0.1, 0.15) is 0 Å². The molecule has 0 radical (unpaired) electrons. The predicted octanol–water partition coefficient (Wildman–Crippen LogP) is 2.87. The van der Waals surface area contributed by atoms with Crippen LogP contribution in [0.15, 0.2) is 18.4 Å². The molecule has 0 aliphatic carbocycles. The molecule has 1 rings (SSSR count). The third-order valence-corrected chi connectivity index (χ3v) is 3.12. The van der Waals surface area contributed by atoms with Crippen LogP contribution in [0.4, 0.5) is 0 Å². The van der Waals surface area contributed by atoms with E-state index < -0.39 is 0 Å². The van der Waals surface area contributed by atoms with Gasteiger partial charge in [-0.2, -0.15) is 0 Å². The summed E-state index contributed by atoms with van der Waals surface area (Å²) in [5.41, 5.74) is 2.70. The van der Waals surface area contributed by atoms with Gasteiger partial charge in [0.15, 0.2) is 5.76 Å². The van der Waals surface area contributed by atoms with Gasteiger partial charge in [0.2, 0.25) is 5.78 Å². The van der Waals surface area contributed by atoms with Gasteiger partial charge >= 0.3 is 0 Å². The highest BCUT2D eigenvalue weighted by atomic mass is 16.5. The van der Waals surface area contributed by atoms with Crippen LogP contribution in [0.1, 0.15) is 35.1 Å². The number of carbonyl (C=O) groups excluding carboxylic acids is 1. The molecular formula is C15H23NO3. The van der Waals surface area contributed by atoms with Gasteiger partial charge in [0.25, 0.3) is 0 Å². The number of methoxy groups -OCH3 is 1. The fraction of sp³-hybridized carbons (Fsp3) is 0.533. The molecule has 0 saturated heterocycles. The monoisotopic (exact) mass is 265 g/mol. The van der Waals surface area contributed by atoms with Crippen LogP contribution in [-0.4, -0.2) is 30.7 Å². The van der Waals surface area contributed by atoms with Crippen LogP contribution in [0.3, 0.4) is 0 Å². The average molecular weight is 265 g/mol. The molecule has 1 aromatic rings. The smallest absolute Gasteiger partial charge is 0.228 e. The highest BCUT2D eigenvalue weighted by Crippen LogP contribution is 2.19. The second kappa shape index (κ2) is 7.14. The Labute approximate surface area is 115 Å². The van der Waals surface area contributed by atoms with Crippen LogP contribution in [-0.2, 0) is 16.0 Å². The van der Waals surface area contributed by atoms with Crippen molar-refractivity contribution in [1.82, 2.24) is 4.57 Å². The Morgan fingerprint density at radius 1 is 1.42 bits per heavy atom. The standard InChI is InChI=1S/C15H23NO3/c1-6-19-13(4)15(17)14-10-11(2)16(12(14)3)8-7-9-18-5/h10H,4,6-9H2,1-3,5H3. The molecule has 0 saturated carbocycles. The van der Waals surface area contributed by atoms with Crippen molar-refractivity contribution in [2.24, 2.45) is 0 Å². The molecule has 0 unspecified atom stereocenters. The quantitative estimate of drug-likeness (QED) is 0.314. The number of carbonyl (C=O) groups is 1. The van der Waals surface area contributed by atoms with E-state index in [0.717, 1.165) is 24.4 Å². The third kappa shape index (κ3) is 3.70. The summed E-state index contributed by atoms with van der Waals surface area (Å²) < 4.78 is 12.4. The fourth-order valence-corrected chi connectivity index (χ4v) is 2.13. The molecule has 0 atom stereocenters. The molecule has 1 heterocycles. The lowest BCUT2D eigenvalue weighted by molar-refractivity contribution is 0.0928. The van der Waals surface area contributed by atoms with E-state index in [2.05, 4.69) is 11.1 Å². The number of allylic oxidation sites excluding steroid dienone is 1. The summed E-state index contributed by atoms with van der Waals surface area (Å²) in [5, 5.41) is 0. The first-order chi connectivity index (χ1) is 9.02. The largest absolute Gasteiger partial charge is 0.490 e. The molecule has 0 fully saturated rings. The zero-order chi connectivity index (χ0) is 14.4. The topological polar surface area (TPSA) is 40.5 Å². The summed E-state index contributed by atoms with van der Waals surface area (Å²) in [6.45, 7) is 11.5. The molecule has 0 aromatic carbocycles. The minimum absolute atomic E-state index is 0.132. The summed E-state index contributed by atoms with van der Waals surface area (Å²) in [6.07, 6.45) is 0.924. The number of aromatic nitrogens is 1. The second-order valence-electron chi connectivity index (χ2n) is 4.47. The lowest BCUT2D eigenvalue weighted by Crippen LogP contribution is -2.09. The van der Waals surface area contributed by atoms with E-state index >= 15 is 0 Å². The zero-order valence-corrected chi connectivity index (χ0v) is 12.3. The van der Waals surface area contributed by atoms with Crippen LogP contribution in [0, 0.1) is 13.8 Å². The summed E-state index contributed by atoms with van der Waals surface area (Å²) in [4.78, 5) is 12.2. The lowest BCUT2D eigenvalue weighted by atomic mass is 10.1. The summed E-state index contributed by atoms with van der Waals surface area (Å²) >= 11 is 0. The third-order valence-electron chi connectivity index (χ3n) is 3.12. The van der Waals surface area contributed by atoms with E-state index in [9.17, 15) is 4.79 Å². The van der Waals surface area contributed by atoms with Crippen molar-refractivity contribution in [2.75, 3.05) is 20.3 Å². The zero-order valence-electron chi connectivity index (χ0n) is 12.3. The average Bonchev–Trinajstić information content (AvgIpc) is 2.66. The molecule has 4 heteroatoms. The van der Waals surface area contributed by atoms with Gasteiger partial charge in [0, 0.05) is 37.2 Å². The molecule has 0 amide bonds. The molecule has 106 valence electrons. The minimum Gasteiger partial charge on any atom is -0.490 e. The van der Waals surface area contributed by atoms with E-state index in [0.29, 0.717) is 18.8 Å². The predicted molar refractivity (Wildman–Crippen MR) is 75.5 cm³/mol. The van der Waals surface area contributed by atoms with Gasteiger partial charge in [-0.25, -0.2) is 0 Å². The van der Waals surface area contributed by atoms with Crippen molar-refractivity contribution in [3.05, 3.63) is 35.4 Å². The Kier molecular flexibility index (Phi) is 5.83. The number of ketones is 1. The van der Waals surface area contributed by atoms with Crippen molar-refractivity contribution in [3.8, 4) is 0 Å². The number of Topliss-reactive ketones (excluding diaryl/α,β-unsaturated/α-hetero) is 1. The Balaban J connectivity index is 2.89. The van der Waals surface area contributed by atoms with Crippen LogP contribution in [0.25, 0.3) is 0 Å². The Bertz CT molecular complexity index is 460. The number of hydrogen-bond acceptors (Lipinski definition) is 3. The maximum absolute atomic E-state index is 12.2. The number of rotatable bonds is 8. The van der Waals surface area contributed by atoms with E-state index in [-0.39, 0.29) is 11.5 Å². The van der Waals surface area contributed by atoms with E-state index in [1.807, 2.05) is 26.8 Å². The van der Waals surface area contributed by atoms with Crippen molar-refractivity contribution < 1.29 is 14.3 Å². The van der Waals surface area contributed by atoms with Gasteiger partial charge in [-0.1, -0.05) is 6.58 Å². The second-order valence-corrected chi connectivity index (χ2v) is 4.47. The first-order valence-corrected chi connectivity index (χ1v) is 6.55. The normalized spacial score (nSPS) is 10.5. The number of ether oxygens (including phenoxy) is 2. The lowest BCUT2D eigenvalue weighted by Gasteiger charge is -2.10. The van der Waals surface area contributed by atoms with Crippen molar-refractivity contribution in [1.29, 1.82) is 0 Å². The summed E-state index contributed by atoms with van der Waals surface area (Å²) in [7, 11) is 1.69. The van der Waals surface area contributed by atoms with Crippen LogP contribution in [0.2, 0.25) is 0 Å². The van der Waals surface area contributed by atoms with Crippen LogP contribution >= 0.6 is 0 Å². The Hall–Kier alpha value is -1.55. The molecule has 0 spiro atoms. The molecule has 19 heavy (non-hydrogen) atoms. The Morgan fingerprint density at radius 3 is 2.68 bits per heavy atom. The van der Waals surface area contributed by atoms with Crippen LogP contribution < -0.4 is 0 Å². The van der Waals surface area contributed by atoms with Gasteiger partial charge in [0.05, 0.1) is 6.61 Å². The van der Waals surface area contributed by atoms with E-state index in [4.69, 9.17) is 9.47 Å². The van der Waals surface area contributed by atoms with Crippen molar-refractivity contribution in [2.45, 2.75) is 33.7 Å². The van der Waals surface area contributed by atoms with Gasteiger partial charge in [-0.05, 0) is 33.3 Å². The molecule has 1 aromatic heterocycles. The molecule has 0 bridgehead atoms. The highest BCUT2D eigenvalue weighted by molar-refractivity contribution is 6.07. The molecule has 0 aliphatic heterocycles. The molecular weight excluding hydrogens is 242 g/mol. The van der Waals surface area contributed by atoms with Gasteiger partial charge in [-0.3, -0.25) is 4.79 Å². The number of aryl methyl sites for hydroxylation is 1. The highest BCUT2D eigenvalue weighted by Gasteiger charge is 2.18. The van der Waals surface area contributed by atoms with Gasteiger partial charge in [-0.15, -0.1) is 0 Å². The van der Waals surface area contributed by atoms with E-state index in [1.165, 1.54) is 0 Å². The fourth-order valence-electron chi connectivity index (χ4n) is 2.13. The SMILES string of the molecule is C=C(OCC)C(=O)c1cc(C)n(CCCOC)c1C.